The molecule has 2 unspecified atom stereocenters. The van der Waals surface area contributed by atoms with Crippen LogP contribution in [-0.4, -0.2) is 47.2 Å². The van der Waals surface area contributed by atoms with Gasteiger partial charge in [-0.25, -0.2) is 4.79 Å². The first-order valence-corrected chi connectivity index (χ1v) is 7.81. The van der Waals surface area contributed by atoms with E-state index in [0.29, 0.717) is 6.54 Å². The van der Waals surface area contributed by atoms with Gasteiger partial charge in [-0.05, 0) is 37.3 Å². The Morgan fingerprint density at radius 2 is 2.05 bits per heavy atom. The highest BCUT2D eigenvalue weighted by molar-refractivity contribution is 5.85. The minimum Gasteiger partial charge on any atom is -0.479 e. The first-order valence-electron chi connectivity index (χ1n) is 7.81. The van der Waals surface area contributed by atoms with Crippen molar-refractivity contribution in [3.05, 3.63) is 35.4 Å². The largest absolute Gasteiger partial charge is 0.479 e. The Morgan fingerprint density at radius 1 is 1.27 bits per heavy atom. The number of aliphatic carboxylic acids is 1. The fourth-order valence-electron chi connectivity index (χ4n) is 3.50. The first-order chi connectivity index (χ1) is 10.6. The molecule has 0 bridgehead atoms. The molecule has 1 aliphatic heterocycles. The molecule has 118 valence electrons. The number of hydrogen-bond acceptors (Lipinski definition) is 3. The number of fused-ring (bicyclic) bond motifs is 1. The molecule has 22 heavy (non-hydrogen) atoms. The molecule has 1 aromatic carbocycles. The van der Waals surface area contributed by atoms with E-state index in [9.17, 15) is 9.59 Å². The molecule has 1 saturated heterocycles. The van der Waals surface area contributed by atoms with Crippen molar-refractivity contribution >= 4 is 11.9 Å². The van der Waals surface area contributed by atoms with E-state index >= 15 is 0 Å². The highest BCUT2D eigenvalue weighted by atomic mass is 16.5. The molecule has 1 fully saturated rings. The lowest BCUT2D eigenvalue weighted by Gasteiger charge is -2.38. The number of nitrogens with zero attached hydrogens (tertiary/aromatic N) is 1. The summed E-state index contributed by atoms with van der Waals surface area (Å²) < 4.78 is 5.39. The molecular weight excluding hydrogens is 282 g/mol. The van der Waals surface area contributed by atoms with Crippen molar-refractivity contribution in [1.82, 2.24) is 4.90 Å². The van der Waals surface area contributed by atoms with Crippen LogP contribution in [0.1, 0.15) is 36.8 Å². The third-order valence-corrected chi connectivity index (χ3v) is 4.51. The second-order valence-corrected chi connectivity index (χ2v) is 6.16. The van der Waals surface area contributed by atoms with Crippen molar-refractivity contribution in [3.8, 4) is 0 Å². The van der Waals surface area contributed by atoms with Crippen LogP contribution in [0.3, 0.4) is 0 Å². The number of carbonyl (C=O) groups is 2. The number of ether oxygens (including phenoxy) is 1. The van der Waals surface area contributed by atoms with Gasteiger partial charge >= 0.3 is 5.97 Å². The predicted octanol–water partition coefficient (Wildman–Crippen LogP) is 1.81. The summed E-state index contributed by atoms with van der Waals surface area (Å²) >= 11 is 0. The monoisotopic (exact) mass is 303 g/mol. The second kappa shape index (κ2) is 6.08. The van der Waals surface area contributed by atoms with Gasteiger partial charge in [0.2, 0.25) is 5.91 Å². The molecule has 2 aliphatic rings. The maximum absolute atomic E-state index is 12.9. The smallest absolute Gasteiger partial charge is 0.334 e. The summed E-state index contributed by atoms with van der Waals surface area (Å²) in [4.78, 5) is 25.8. The van der Waals surface area contributed by atoms with E-state index < -0.39 is 12.1 Å². The van der Waals surface area contributed by atoms with E-state index in [1.54, 1.807) is 4.90 Å². The number of morpholine rings is 1. The zero-order chi connectivity index (χ0) is 15.7. The Morgan fingerprint density at radius 3 is 2.82 bits per heavy atom. The van der Waals surface area contributed by atoms with E-state index in [2.05, 4.69) is 6.07 Å². The molecule has 0 saturated carbocycles. The van der Waals surface area contributed by atoms with Crippen LogP contribution in [0, 0.1) is 0 Å². The lowest BCUT2D eigenvalue weighted by atomic mass is 9.82. The summed E-state index contributed by atoms with van der Waals surface area (Å²) in [5.74, 6) is -1.12. The molecule has 3 rings (SSSR count). The topological polar surface area (TPSA) is 66.8 Å². The fourth-order valence-corrected chi connectivity index (χ4v) is 3.50. The highest BCUT2D eigenvalue weighted by Gasteiger charge is 2.36. The van der Waals surface area contributed by atoms with Crippen molar-refractivity contribution in [3.63, 3.8) is 0 Å². The average molecular weight is 303 g/mol. The van der Waals surface area contributed by atoms with Crippen molar-refractivity contribution in [2.24, 2.45) is 0 Å². The molecule has 1 N–H and O–H groups in total. The van der Waals surface area contributed by atoms with E-state index in [-0.39, 0.29) is 24.5 Å². The van der Waals surface area contributed by atoms with Gasteiger partial charge in [0.05, 0.1) is 18.6 Å². The fraction of sp³-hybridized carbons (Fsp3) is 0.529. The normalized spacial score (nSPS) is 28.0. The van der Waals surface area contributed by atoms with Crippen LogP contribution in [0.15, 0.2) is 24.3 Å². The SMILES string of the molecule is C[C@@H]1CN(C(=O)C2CCCc3ccccc32)CC(C(=O)O)O1. The average Bonchev–Trinajstić information content (AvgIpc) is 2.53. The summed E-state index contributed by atoms with van der Waals surface area (Å²) in [6.45, 7) is 2.41. The quantitative estimate of drug-likeness (QED) is 0.905. The van der Waals surface area contributed by atoms with Crippen LogP contribution in [0.4, 0.5) is 0 Å². The minimum absolute atomic E-state index is 0.0357. The summed E-state index contributed by atoms with van der Waals surface area (Å²) in [6.07, 6.45) is 1.66. The van der Waals surface area contributed by atoms with Crippen molar-refractivity contribution in [2.75, 3.05) is 13.1 Å². The standard InChI is InChI=1S/C17H21NO4/c1-11-9-18(10-15(22-11)17(20)21)16(19)14-8-4-6-12-5-2-3-7-13(12)14/h2-3,5,7,11,14-15H,4,6,8-10H2,1H3,(H,20,21)/t11-,14?,15?/m1/s1. The van der Waals surface area contributed by atoms with Crippen LogP contribution in [0.2, 0.25) is 0 Å². The first kappa shape index (κ1) is 15.0. The van der Waals surface area contributed by atoms with E-state index in [1.807, 2.05) is 25.1 Å². The maximum atomic E-state index is 12.9. The molecule has 3 atom stereocenters. The summed E-state index contributed by atoms with van der Waals surface area (Å²) in [6, 6.07) is 8.07. The van der Waals surface area contributed by atoms with E-state index in [0.717, 1.165) is 24.8 Å². The van der Waals surface area contributed by atoms with Gasteiger partial charge in [-0.15, -0.1) is 0 Å². The Balaban J connectivity index is 1.81. The number of rotatable bonds is 2. The van der Waals surface area contributed by atoms with Gasteiger partial charge in [0.25, 0.3) is 0 Å². The van der Waals surface area contributed by atoms with E-state index in [4.69, 9.17) is 9.84 Å². The second-order valence-electron chi connectivity index (χ2n) is 6.16. The van der Waals surface area contributed by atoms with Gasteiger partial charge in [-0.3, -0.25) is 4.79 Å². The van der Waals surface area contributed by atoms with Crippen LogP contribution in [0.5, 0.6) is 0 Å². The van der Waals surface area contributed by atoms with Crippen LogP contribution in [-0.2, 0) is 20.7 Å². The van der Waals surface area contributed by atoms with Gasteiger partial charge in [-0.2, -0.15) is 0 Å². The number of carbonyl (C=O) groups excluding carboxylic acids is 1. The van der Waals surface area contributed by atoms with Crippen molar-refractivity contribution < 1.29 is 19.4 Å². The van der Waals surface area contributed by atoms with Crippen LogP contribution >= 0.6 is 0 Å². The van der Waals surface area contributed by atoms with Crippen molar-refractivity contribution in [1.29, 1.82) is 0 Å². The van der Waals surface area contributed by atoms with Gasteiger partial charge in [0.1, 0.15) is 0 Å². The Kier molecular flexibility index (Phi) is 4.16. The lowest BCUT2D eigenvalue weighted by molar-refractivity contribution is -0.167. The Labute approximate surface area is 129 Å². The molecule has 5 nitrogen and oxygen atoms in total. The highest BCUT2D eigenvalue weighted by Crippen LogP contribution is 2.33. The number of hydrogen-bond donors (Lipinski definition) is 1. The number of carboxylic acid groups (broad SMARTS) is 1. The number of benzene rings is 1. The molecule has 1 aromatic rings. The zero-order valence-corrected chi connectivity index (χ0v) is 12.7. The van der Waals surface area contributed by atoms with Crippen molar-refractivity contribution in [2.45, 2.75) is 44.3 Å². The summed E-state index contributed by atoms with van der Waals surface area (Å²) in [5, 5.41) is 9.16. The maximum Gasteiger partial charge on any atom is 0.334 e. The molecule has 1 aliphatic carbocycles. The molecule has 1 amide bonds. The molecule has 0 aromatic heterocycles. The zero-order valence-electron chi connectivity index (χ0n) is 12.7. The molecular formula is C17H21NO4. The lowest BCUT2D eigenvalue weighted by Crippen LogP contribution is -2.53. The predicted molar refractivity (Wildman–Crippen MR) is 80.7 cm³/mol. The summed E-state index contributed by atoms with van der Waals surface area (Å²) in [5.41, 5.74) is 2.34. The van der Waals surface area contributed by atoms with Crippen LogP contribution in [0.25, 0.3) is 0 Å². The molecule has 1 heterocycles. The van der Waals surface area contributed by atoms with Crippen LogP contribution < -0.4 is 0 Å². The molecule has 0 spiro atoms. The minimum atomic E-state index is -1.01. The number of aryl methyl sites for hydroxylation is 1. The van der Waals surface area contributed by atoms with Gasteiger partial charge in [0.15, 0.2) is 6.10 Å². The third kappa shape index (κ3) is 2.86. The van der Waals surface area contributed by atoms with Gasteiger partial charge in [-0.1, -0.05) is 24.3 Å². The summed E-state index contributed by atoms with van der Waals surface area (Å²) in [7, 11) is 0. The molecule has 0 radical (unpaired) electrons. The third-order valence-electron chi connectivity index (χ3n) is 4.51. The Bertz CT molecular complexity index is 586. The van der Waals surface area contributed by atoms with Gasteiger partial charge < -0.3 is 14.7 Å². The van der Waals surface area contributed by atoms with Gasteiger partial charge in [0, 0.05) is 6.54 Å². The molecule has 5 heteroatoms. The van der Waals surface area contributed by atoms with E-state index in [1.165, 1.54) is 5.56 Å². The Hall–Kier alpha value is -1.88. The number of amides is 1. The number of carboxylic acids is 1.